The SMILES string of the molecule is CCOc1ccc(NC(=O)CCC(C)N)cc1OC. The van der Waals surface area contributed by atoms with E-state index in [-0.39, 0.29) is 11.9 Å². The number of benzene rings is 1. The number of nitrogens with one attached hydrogen (secondary N) is 1. The maximum atomic E-state index is 11.7. The lowest BCUT2D eigenvalue weighted by Crippen LogP contribution is -2.19. The predicted octanol–water partition coefficient (Wildman–Crippen LogP) is 2.16. The van der Waals surface area contributed by atoms with Gasteiger partial charge in [0.15, 0.2) is 11.5 Å². The molecule has 0 heterocycles. The highest BCUT2D eigenvalue weighted by atomic mass is 16.5. The molecule has 0 aromatic heterocycles. The van der Waals surface area contributed by atoms with E-state index in [0.717, 1.165) is 0 Å². The van der Waals surface area contributed by atoms with Crippen LogP contribution >= 0.6 is 0 Å². The number of nitrogens with two attached hydrogens (primary N) is 1. The minimum Gasteiger partial charge on any atom is -0.493 e. The molecule has 1 unspecified atom stereocenters. The fraction of sp³-hybridized carbons (Fsp3) is 0.500. The van der Waals surface area contributed by atoms with Crippen LogP contribution in [0.1, 0.15) is 26.7 Å². The third kappa shape index (κ3) is 5.18. The molecule has 1 amide bonds. The van der Waals surface area contributed by atoms with Crippen LogP contribution in [0, 0.1) is 0 Å². The highest BCUT2D eigenvalue weighted by molar-refractivity contribution is 5.91. The Balaban J connectivity index is 2.66. The van der Waals surface area contributed by atoms with Crippen molar-refractivity contribution < 1.29 is 14.3 Å². The molecule has 5 heteroatoms. The normalized spacial score (nSPS) is 11.8. The molecule has 1 rings (SSSR count). The number of carbonyl (C=O) groups is 1. The monoisotopic (exact) mass is 266 g/mol. The summed E-state index contributed by atoms with van der Waals surface area (Å²) in [6, 6.07) is 5.34. The van der Waals surface area contributed by atoms with Crippen molar-refractivity contribution in [1.82, 2.24) is 0 Å². The van der Waals surface area contributed by atoms with Crippen molar-refractivity contribution in [1.29, 1.82) is 0 Å². The minimum atomic E-state index is -0.0523. The van der Waals surface area contributed by atoms with Gasteiger partial charge in [0.25, 0.3) is 0 Å². The van der Waals surface area contributed by atoms with Gasteiger partial charge >= 0.3 is 0 Å². The van der Waals surface area contributed by atoms with Crippen LogP contribution < -0.4 is 20.5 Å². The highest BCUT2D eigenvalue weighted by Gasteiger charge is 2.08. The van der Waals surface area contributed by atoms with Crippen LogP contribution in [0.4, 0.5) is 5.69 Å². The molecular formula is C14H22N2O3. The van der Waals surface area contributed by atoms with Crippen LogP contribution in [0.3, 0.4) is 0 Å². The van der Waals surface area contributed by atoms with Crippen molar-refractivity contribution in [3.63, 3.8) is 0 Å². The van der Waals surface area contributed by atoms with E-state index in [4.69, 9.17) is 15.2 Å². The summed E-state index contributed by atoms with van der Waals surface area (Å²) >= 11 is 0. The van der Waals surface area contributed by atoms with E-state index < -0.39 is 0 Å². The number of hydrogen-bond acceptors (Lipinski definition) is 4. The molecule has 1 atom stereocenters. The number of hydrogen-bond donors (Lipinski definition) is 2. The summed E-state index contributed by atoms with van der Waals surface area (Å²) in [7, 11) is 1.57. The number of carbonyl (C=O) groups excluding carboxylic acids is 1. The lowest BCUT2D eigenvalue weighted by molar-refractivity contribution is -0.116. The molecule has 106 valence electrons. The van der Waals surface area contributed by atoms with Crippen molar-refractivity contribution >= 4 is 11.6 Å². The van der Waals surface area contributed by atoms with Gasteiger partial charge in [0.05, 0.1) is 13.7 Å². The average Bonchev–Trinajstić information content (AvgIpc) is 2.38. The van der Waals surface area contributed by atoms with Gasteiger partial charge in [0.2, 0.25) is 5.91 Å². The summed E-state index contributed by atoms with van der Waals surface area (Å²) < 4.78 is 10.6. The molecule has 5 nitrogen and oxygen atoms in total. The van der Waals surface area contributed by atoms with Crippen molar-refractivity contribution in [3.05, 3.63) is 18.2 Å². The van der Waals surface area contributed by atoms with E-state index in [0.29, 0.717) is 36.6 Å². The first-order valence-corrected chi connectivity index (χ1v) is 6.43. The zero-order valence-electron chi connectivity index (χ0n) is 11.7. The molecule has 0 spiro atoms. The van der Waals surface area contributed by atoms with Gasteiger partial charge < -0.3 is 20.5 Å². The van der Waals surface area contributed by atoms with E-state index >= 15 is 0 Å². The molecule has 0 bridgehead atoms. The summed E-state index contributed by atoms with van der Waals surface area (Å²) in [4.78, 5) is 11.7. The van der Waals surface area contributed by atoms with Crippen LogP contribution in [0.15, 0.2) is 18.2 Å². The van der Waals surface area contributed by atoms with Crippen molar-refractivity contribution in [3.8, 4) is 11.5 Å². The topological polar surface area (TPSA) is 73.6 Å². The van der Waals surface area contributed by atoms with Crippen molar-refractivity contribution in [2.24, 2.45) is 5.73 Å². The van der Waals surface area contributed by atoms with E-state index in [9.17, 15) is 4.79 Å². The number of anilines is 1. The summed E-state index contributed by atoms with van der Waals surface area (Å²) in [5.74, 6) is 1.22. The quantitative estimate of drug-likeness (QED) is 0.793. The lowest BCUT2D eigenvalue weighted by atomic mass is 10.2. The first-order chi connectivity index (χ1) is 9.06. The first kappa shape index (κ1) is 15.3. The third-order valence-corrected chi connectivity index (χ3v) is 2.57. The Kier molecular flexibility index (Phi) is 6.15. The number of rotatable bonds is 7. The molecule has 0 saturated carbocycles. The Hall–Kier alpha value is -1.75. The minimum absolute atomic E-state index is 0.0283. The maximum Gasteiger partial charge on any atom is 0.224 e. The van der Waals surface area contributed by atoms with Gasteiger partial charge in [-0.1, -0.05) is 0 Å². The first-order valence-electron chi connectivity index (χ1n) is 6.43. The van der Waals surface area contributed by atoms with Gasteiger partial charge in [0.1, 0.15) is 0 Å². The molecule has 19 heavy (non-hydrogen) atoms. The molecular weight excluding hydrogens is 244 g/mol. The van der Waals surface area contributed by atoms with Gasteiger partial charge in [-0.25, -0.2) is 0 Å². The fourth-order valence-electron chi connectivity index (χ4n) is 1.60. The second kappa shape index (κ2) is 7.63. The zero-order valence-corrected chi connectivity index (χ0v) is 11.7. The standard InChI is InChI=1S/C14H22N2O3/c1-4-19-12-7-6-11(9-13(12)18-3)16-14(17)8-5-10(2)15/h6-7,9-10H,4-5,8,15H2,1-3H3,(H,16,17). The van der Waals surface area contributed by atoms with Gasteiger partial charge in [0, 0.05) is 24.2 Å². The third-order valence-electron chi connectivity index (χ3n) is 2.57. The van der Waals surface area contributed by atoms with Crippen LogP contribution in [0.5, 0.6) is 11.5 Å². The van der Waals surface area contributed by atoms with Gasteiger partial charge in [-0.2, -0.15) is 0 Å². The smallest absolute Gasteiger partial charge is 0.224 e. The molecule has 0 saturated heterocycles. The highest BCUT2D eigenvalue weighted by Crippen LogP contribution is 2.30. The van der Waals surface area contributed by atoms with Crippen LogP contribution in [0.2, 0.25) is 0 Å². The van der Waals surface area contributed by atoms with E-state index in [1.807, 2.05) is 13.8 Å². The van der Waals surface area contributed by atoms with Gasteiger partial charge in [-0.15, -0.1) is 0 Å². The van der Waals surface area contributed by atoms with Gasteiger partial charge in [-0.05, 0) is 32.4 Å². The summed E-state index contributed by atoms with van der Waals surface area (Å²) in [6.07, 6.45) is 1.08. The molecule has 0 fully saturated rings. The number of ether oxygens (including phenoxy) is 2. The Morgan fingerprint density at radius 3 is 2.74 bits per heavy atom. The molecule has 0 aliphatic carbocycles. The molecule has 0 aliphatic rings. The summed E-state index contributed by atoms with van der Waals surface area (Å²) in [5, 5.41) is 2.81. The summed E-state index contributed by atoms with van der Waals surface area (Å²) in [6.45, 7) is 4.35. The summed E-state index contributed by atoms with van der Waals surface area (Å²) in [5.41, 5.74) is 6.31. The second-order valence-corrected chi connectivity index (χ2v) is 4.36. The second-order valence-electron chi connectivity index (χ2n) is 4.36. The number of amides is 1. The maximum absolute atomic E-state index is 11.7. The van der Waals surface area contributed by atoms with Gasteiger partial charge in [-0.3, -0.25) is 4.79 Å². The molecule has 1 aromatic rings. The van der Waals surface area contributed by atoms with Crippen molar-refractivity contribution in [2.75, 3.05) is 19.0 Å². The Morgan fingerprint density at radius 2 is 2.16 bits per heavy atom. The van der Waals surface area contributed by atoms with E-state index in [1.54, 1.807) is 25.3 Å². The molecule has 0 aliphatic heterocycles. The van der Waals surface area contributed by atoms with Crippen molar-refractivity contribution in [2.45, 2.75) is 32.7 Å². The van der Waals surface area contributed by atoms with Crippen LogP contribution in [-0.4, -0.2) is 25.7 Å². The predicted molar refractivity (Wildman–Crippen MR) is 75.7 cm³/mol. The van der Waals surface area contributed by atoms with Crippen LogP contribution in [-0.2, 0) is 4.79 Å². The number of methoxy groups -OCH3 is 1. The van der Waals surface area contributed by atoms with E-state index in [2.05, 4.69) is 5.32 Å². The molecule has 0 radical (unpaired) electrons. The van der Waals surface area contributed by atoms with Crippen LogP contribution in [0.25, 0.3) is 0 Å². The van der Waals surface area contributed by atoms with E-state index in [1.165, 1.54) is 0 Å². The zero-order chi connectivity index (χ0) is 14.3. The molecule has 3 N–H and O–H groups in total. The average molecular weight is 266 g/mol. The fourth-order valence-corrected chi connectivity index (χ4v) is 1.60. The Bertz CT molecular complexity index is 419. The lowest BCUT2D eigenvalue weighted by Gasteiger charge is -2.12. The molecule has 1 aromatic carbocycles. The largest absolute Gasteiger partial charge is 0.493 e. The Morgan fingerprint density at radius 1 is 1.42 bits per heavy atom. The Labute approximate surface area is 114 Å².